The Labute approximate surface area is 390 Å². The lowest BCUT2D eigenvalue weighted by molar-refractivity contribution is -0.118. The van der Waals surface area contributed by atoms with E-state index in [0.29, 0.717) is 11.8 Å². The van der Waals surface area contributed by atoms with Gasteiger partial charge in [0, 0.05) is 33.3 Å². The summed E-state index contributed by atoms with van der Waals surface area (Å²) in [5.41, 5.74) is 11.6. The van der Waals surface area contributed by atoms with Crippen LogP contribution >= 0.6 is 0 Å². The Bertz CT molecular complexity index is 1660. The molecule has 4 aromatic carbocycles. The van der Waals surface area contributed by atoms with Gasteiger partial charge in [0.05, 0.1) is 11.2 Å². The smallest absolute Gasteiger partial charge is 0.120 e. The Kier molecular flexibility index (Phi) is 28.3. The molecule has 0 amide bonds. The zero-order valence-corrected chi connectivity index (χ0v) is 41.5. The normalized spacial score (nSPS) is 21.0. The number of ether oxygens (including phenoxy) is 2. The second-order valence-corrected chi connectivity index (χ2v) is 17.1. The Hall–Kier alpha value is -3.57. The standard InChI is InChI=1S/C26H34O.C17H22O2.C8H11N.4C2H6.2H2/c1-4-12-23(13-5-1)14-6-3-9-17-25(24-15-7-2-8-16-24)20-21-27-26(22-25)18-10-11-19-26;18-12-10-16(15-6-2-1-3-7-15)11-13-19-17(14-16)8-4-5-9-17;9-7-6-8-4-2-1-3-5-8;4*1-2;;/h1-2,4-5,7-8,12-13,15-16H,3,6,9-11,14,17-22H2;1-3,6-7,12H,4-5,8-11,13-14H2;1-5H,6-7,9H2;4*1-2H3;2*1H/t25-;16-;;;;;;;/m11......./s1. The fourth-order valence-corrected chi connectivity index (χ4v) is 10.4. The Balaban J connectivity index is 0.000000941. The molecule has 4 heteroatoms. The van der Waals surface area contributed by atoms with E-state index in [9.17, 15) is 4.79 Å². The predicted molar refractivity (Wildman–Crippen MR) is 277 cm³/mol. The molecule has 8 rings (SSSR count). The highest BCUT2D eigenvalue weighted by molar-refractivity contribution is 5.54. The van der Waals surface area contributed by atoms with Gasteiger partial charge in [-0.15, -0.1) is 0 Å². The molecule has 0 unspecified atom stereocenters. The second-order valence-electron chi connectivity index (χ2n) is 17.1. The van der Waals surface area contributed by atoms with Gasteiger partial charge in [-0.3, -0.25) is 0 Å². The van der Waals surface area contributed by atoms with Crippen LogP contribution < -0.4 is 5.73 Å². The number of rotatable bonds is 12. The van der Waals surface area contributed by atoms with Crippen LogP contribution in [0.5, 0.6) is 0 Å². The van der Waals surface area contributed by atoms with Crippen LogP contribution in [0, 0.1) is 0 Å². The third-order valence-corrected chi connectivity index (χ3v) is 13.3. The number of hydrogen-bond donors (Lipinski definition) is 1. The highest BCUT2D eigenvalue weighted by Gasteiger charge is 2.48. The number of carbonyl (C=O) groups excluding carboxylic acids is 1. The van der Waals surface area contributed by atoms with Crippen LogP contribution in [0.3, 0.4) is 0 Å². The monoisotopic (exact) mass is 866 g/mol. The van der Waals surface area contributed by atoms with Crippen molar-refractivity contribution in [1.29, 1.82) is 0 Å². The van der Waals surface area contributed by atoms with Gasteiger partial charge in [-0.1, -0.05) is 215 Å². The lowest BCUT2D eigenvalue weighted by atomic mass is 9.65. The minimum Gasteiger partial charge on any atom is -0.375 e. The molecule has 354 valence electrons. The van der Waals surface area contributed by atoms with Gasteiger partial charge in [0.1, 0.15) is 6.29 Å². The summed E-state index contributed by atoms with van der Waals surface area (Å²) >= 11 is 0. The first kappa shape index (κ1) is 55.6. The Morgan fingerprint density at radius 2 is 0.873 bits per heavy atom. The Morgan fingerprint density at radius 1 is 0.492 bits per heavy atom. The third kappa shape index (κ3) is 17.7. The maximum absolute atomic E-state index is 11.2. The minimum absolute atomic E-state index is 0. The number of benzene rings is 4. The van der Waals surface area contributed by atoms with E-state index < -0.39 is 0 Å². The molecule has 0 aromatic heterocycles. The number of unbranched alkanes of at least 4 members (excludes halogenated alkanes) is 2. The summed E-state index contributed by atoms with van der Waals surface area (Å²) in [6.07, 6.45) is 23.7. The number of aldehydes is 1. The maximum Gasteiger partial charge on any atom is 0.120 e. The summed E-state index contributed by atoms with van der Waals surface area (Å²) in [5, 5.41) is 0. The molecule has 4 fully saturated rings. The van der Waals surface area contributed by atoms with E-state index in [2.05, 4.69) is 97.1 Å². The average molecular weight is 866 g/mol. The van der Waals surface area contributed by atoms with Crippen molar-refractivity contribution in [2.24, 2.45) is 5.73 Å². The van der Waals surface area contributed by atoms with Crippen LogP contribution in [-0.4, -0.2) is 37.2 Å². The van der Waals surface area contributed by atoms with Crippen molar-refractivity contribution in [2.75, 3.05) is 19.8 Å². The molecule has 4 aliphatic rings. The molecule has 63 heavy (non-hydrogen) atoms. The largest absolute Gasteiger partial charge is 0.375 e. The van der Waals surface area contributed by atoms with Crippen molar-refractivity contribution in [1.82, 2.24) is 0 Å². The SMILES string of the molecule is CC.CC.CC.CC.NCCc1ccccc1.O=CC[C@@]1(c2ccccc2)CCOC2(CCCC2)C1.[HH].[HH].c1ccc(CCCCC[C@@]2(c3ccccc3)CCOC3(CCCC3)C2)cc1. The maximum atomic E-state index is 11.2. The second kappa shape index (κ2) is 32.1. The van der Waals surface area contributed by atoms with Crippen molar-refractivity contribution in [2.45, 2.75) is 199 Å². The van der Waals surface area contributed by atoms with Gasteiger partial charge in [0.2, 0.25) is 0 Å². The molecule has 2 aliphatic heterocycles. The van der Waals surface area contributed by atoms with E-state index in [0.717, 1.165) is 45.3 Å². The summed E-state index contributed by atoms with van der Waals surface area (Å²) in [7, 11) is 0. The van der Waals surface area contributed by atoms with Gasteiger partial charge in [0.25, 0.3) is 0 Å². The van der Waals surface area contributed by atoms with Crippen LogP contribution in [-0.2, 0) is 37.9 Å². The molecule has 2 spiro atoms. The van der Waals surface area contributed by atoms with Gasteiger partial charge in [0.15, 0.2) is 0 Å². The van der Waals surface area contributed by atoms with Gasteiger partial charge in [-0.25, -0.2) is 0 Å². The van der Waals surface area contributed by atoms with Crippen LogP contribution in [0.4, 0.5) is 0 Å². The first-order valence-corrected chi connectivity index (χ1v) is 25.6. The molecule has 2 N–H and O–H groups in total. The van der Waals surface area contributed by atoms with Gasteiger partial charge in [-0.05, 0) is 106 Å². The summed E-state index contributed by atoms with van der Waals surface area (Å²) in [6, 6.07) is 43.1. The predicted octanol–water partition coefficient (Wildman–Crippen LogP) is 16.3. The molecular formula is C59H95NO3. The molecule has 0 radical (unpaired) electrons. The zero-order chi connectivity index (χ0) is 46.1. The lowest BCUT2D eigenvalue weighted by Crippen LogP contribution is -2.46. The summed E-state index contributed by atoms with van der Waals surface area (Å²) in [5.74, 6) is 0. The average Bonchev–Trinajstić information content (AvgIpc) is 4.02. The van der Waals surface area contributed by atoms with Crippen LogP contribution in [0.1, 0.15) is 190 Å². The van der Waals surface area contributed by atoms with E-state index in [4.69, 9.17) is 15.2 Å². The van der Waals surface area contributed by atoms with E-state index in [1.54, 1.807) is 5.56 Å². The van der Waals surface area contributed by atoms with Gasteiger partial charge < -0.3 is 20.0 Å². The number of nitrogens with two attached hydrogens (primary N) is 1. The summed E-state index contributed by atoms with van der Waals surface area (Å²) < 4.78 is 12.5. The van der Waals surface area contributed by atoms with Crippen LogP contribution in [0.25, 0.3) is 0 Å². The summed E-state index contributed by atoms with van der Waals surface area (Å²) in [6.45, 7) is 18.5. The fourth-order valence-electron chi connectivity index (χ4n) is 10.4. The number of hydrogen-bond acceptors (Lipinski definition) is 4. The van der Waals surface area contributed by atoms with E-state index in [1.165, 1.54) is 113 Å². The van der Waals surface area contributed by atoms with Crippen molar-refractivity contribution >= 4 is 6.29 Å². The molecule has 4 aromatic rings. The highest BCUT2D eigenvalue weighted by atomic mass is 16.5. The first-order valence-electron chi connectivity index (χ1n) is 25.6. The van der Waals surface area contributed by atoms with Crippen molar-refractivity contribution in [3.8, 4) is 0 Å². The van der Waals surface area contributed by atoms with Gasteiger partial charge in [-0.2, -0.15) is 0 Å². The molecular weight excluding hydrogens is 771 g/mol. The van der Waals surface area contributed by atoms with E-state index >= 15 is 0 Å². The molecule has 2 saturated heterocycles. The molecule has 2 saturated carbocycles. The fraction of sp³-hybridized carbons (Fsp3) is 0.576. The molecule has 2 atom stereocenters. The number of carbonyl (C=O) groups is 1. The number of aryl methyl sites for hydroxylation is 1. The van der Waals surface area contributed by atoms with Crippen LogP contribution in [0.15, 0.2) is 121 Å². The quantitative estimate of drug-likeness (QED) is 0.114. The van der Waals surface area contributed by atoms with Crippen LogP contribution in [0.2, 0.25) is 0 Å². The van der Waals surface area contributed by atoms with Crippen molar-refractivity contribution in [3.63, 3.8) is 0 Å². The Morgan fingerprint density at radius 3 is 1.30 bits per heavy atom. The first-order chi connectivity index (χ1) is 31.0. The van der Waals surface area contributed by atoms with Crippen molar-refractivity contribution < 1.29 is 17.1 Å². The third-order valence-electron chi connectivity index (χ3n) is 13.3. The topological polar surface area (TPSA) is 61.6 Å². The lowest BCUT2D eigenvalue weighted by Gasteiger charge is -2.47. The molecule has 4 nitrogen and oxygen atoms in total. The summed E-state index contributed by atoms with van der Waals surface area (Å²) in [4.78, 5) is 11.2. The van der Waals surface area contributed by atoms with Crippen molar-refractivity contribution in [3.05, 3.63) is 144 Å². The minimum atomic E-state index is 0. The molecule has 2 aliphatic carbocycles. The molecule has 2 heterocycles. The van der Waals surface area contributed by atoms with E-state index in [-0.39, 0.29) is 19.5 Å². The van der Waals surface area contributed by atoms with Gasteiger partial charge >= 0.3 is 0 Å². The molecule has 0 bridgehead atoms. The zero-order valence-electron chi connectivity index (χ0n) is 41.5. The van der Waals surface area contributed by atoms with E-state index in [1.807, 2.05) is 79.7 Å². The highest BCUT2D eigenvalue weighted by Crippen LogP contribution is 2.51.